The van der Waals surface area contributed by atoms with Gasteiger partial charge in [0.25, 0.3) is 0 Å². The van der Waals surface area contributed by atoms with Crippen molar-refractivity contribution in [3.63, 3.8) is 0 Å². The number of carboxylic acids is 1. The normalized spacial score (nSPS) is 10.2. The topological polar surface area (TPSA) is 67.5 Å². The molecule has 0 aliphatic heterocycles. The highest BCUT2D eigenvalue weighted by atomic mass is 16.4. The number of aryl methyl sites for hydroxylation is 1. The van der Waals surface area contributed by atoms with Crippen LogP contribution in [0.2, 0.25) is 0 Å². The lowest BCUT2D eigenvalue weighted by Gasteiger charge is -2.05. The van der Waals surface area contributed by atoms with E-state index in [1.165, 1.54) is 0 Å². The fourth-order valence-corrected chi connectivity index (χ4v) is 1.88. The smallest absolute Gasteiger partial charge is 0.351 e. The van der Waals surface area contributed by atoms with Gasteiger partial charge in [0, 0.05) is 11.8 Å². The summed E-state index contributed by atoms with van der Waals surface area (Å²) >= 11 is 0. The maximum atomic E-state index is 11.6. The Balaban J connectivity index is 2.79. The van der Waals surface area contributed by atoms with Crippen LogP contribution in [0.3, 0.4) is 0 Å². The van der Waals surface area contributed by atoms with Gasteiger partial charge < -0.3 is 9.52 Å². The van der Waals surface area contributed by atoms with Gasteiger partial charge in [0.05, 0.1) is 0 Å². The second kappa shape index (κ2) is 4.38. The van der Waals surface area contributed by atoms with Crippen molar-refractivity contribution in [3.8, 4) is 12.3 Å². The summed E-state index contributed by atoms with van der Waals surface area (Å²) in [6.45, 7) is 1.59. The summed E-state index contributed by atoms with van der Waals surface area (Å²) in [6, 6.07) is 5.17. The molecule has 0 atom stereocenters. The first kappa shape index (κ1) is 11.9. The van der Waals surface area contributed by atoms with Crippen LogP contribution in [0.5, 0.6) is 0 Å². The maximum Gasteiger partial charge on any atom is 0.351 e. The molecule has 0 aliphatic rings. The van der Waals surface area contributed by atoms with E-state index in [1.54, 1.807) is 25.1 Å². The van der Waals surface area contributed by atoms with E-state index in [2.05, 4.69) is 5.92 Å². The summed E-state index contributed by atoms with van der Waals surface area (Å²) in [5.41, 5.74) is 0.435. The second-order valence-corrected chi connectivity index (χ2v) is 3.91. The van der Waals surface area contributed by atoms with E-state index in [1.807, 2.05) is 0 Å². The first-order valence-corrected chi connectivity index (χ1v) is 5.27. The summed E-state index contributed by atoms with van der Waals surface area (Å²) in [5, 5.41) is 9.56. The molecule has 2 rings (SSSR count). The van der Waals surface area contributed by atoms with Crippen molar-refractivity contribution in [2.75, 3.05) is 0 Å². The molecule has 2 aromatic rings. The van der Waals surface area contributed by atoms with Crippen molar-refractivity contribution in [2.45, 2.75) is 13.3 Å². The lowest BCUT2D eigenvalue weighted by molar-refractivity contribution is 0.0691. The van der Waals surface area contributed by atoms with E-state index < -0.39 is 11.6 Å². The lowest BCUT2D eigenvalue weighted by atomic mass is 10.0. The molecule has 90 valence electrons. The molecule has 4 nitrogen and oxygen atoms in total. The van der Waals surface area contributed by atoms with Gasteiger partial charge in [-0.1, -0.05) is 12.1 Å². The molecule has 1 heterocycles. The van der Waals surface area contributed by atoms with Gasteiger partial charge in [0.15, 0.2) is 0 Å². The summed E-state index contributed by atoms with van der Waals surface area (Å²) in [6.07, 6.45) is 5.64. The van der Waals surface area contributed by atoms with Crippen LogP contribution in [0.1, 0.15) is 21.5 Å². The zero-order valence-electron chi connectivity index (χ0n) is 9.69. The van der Waals surface area contributed by atoms with Crippen molar-refractivity contribution < 1.29 is 14.3 Å². The molecule has 0 bridgehead atoms. The standard InChI is InChI=1S/C14H10O4/c1-3-4-9-5-6-10-8(2)12(13(15)16)14(17)18-11(10)7-9/h1,5-7H,4H2,2H3,(H,15,16). The van der Waals surface area contributed by atoms with Gasteiger partial charge in [-0.2, -0.15) is 0 Å². The Morgan fingerprint density at radius 1 is 1.50 bits per heavy atom. The van der Waals surface area contributed by atoms with Crippen molar-refractivity contribution >= 4 is 16.9 Å². The number of carboxylic acid groups (broad SMARTS) is 1. The van der Waals surface area contributed by atoms with Crippen LogP contribution in [0, 0.1) is 19.3 Å². The molecule has 0 unspecified atom stereocenters. The van der Waals surface area contributed by atoms with Gasteiger partial charge in [-0.25, -0.2) is 9.59 Å². The maximum absolute atomic E-state index is 11.6. The van der Waals surface area contributed by atoms with Gasteiger partial charge in [0.2, 0.25) is 0 Å². The highest BCUT2D eigenvalue weighted by Gasteiger charge is 2.17. The fourth-order valence-electron chi connectivity index (χ4n) is 1.88. The van der Waals surface area contributed by atoms with Crippen molar-refractivity contribution in [1.82, 2.24) is 0 Å². The number of hydrogen-bond donors (Lipinski definition) is 1. The molecule has 0 amide bonds. The van der Waals surface area contributed by atoms with Crippen LogP contribution in [-0.4, -0.2) is 11.1 Å². The number of terminal acetylenes is 1. The third-order valence-corrected chi connectivity index (χ3v) is 2.75. The van der Waals surface area contributed by atoms with Gasteiger partial charge in [-0.3, -0.25) is 0 Å². The average Bonchev–Trinajstić information content (AvgIpc) is 2.28. The second-order valence-electron chi connectivity index (χ2n) is 3.91. The molecule has 1 aromatic carbocycles. The van der Waals surface area contributed by atoms with Gasteiger partial charge in [0.1, 0.15) is 11.1 Å². The third-order valence-electron chi connectivity index (χ3n) is 2.75. The Hall–Kier alpha value is -2.54. The lowest BCUT2D eigenvalue weighted by Crippen LogP contribution is -2.15. The number of hydrogen-bond acceptors (Lipinski definition) is 3. The van der Waals surface area contributed by atoms with E-state index in [4.69, 9.17) is 15.9 Å². The molecule has 0 saturated heterocycles. The predicted molar refractivity (Wildman–Crippen MR) is 66.7 cm³/mol. The summed E-state index contributed by atoms with van der Waals surface area (Å²) in [5.74, 6) is 1.21. The highest BCUT2D eigenvalue weighted by molar-refractivity contribution is 5.94. The van der Waals surface area contributed by atoms with Crippen LogP contribution < -0.4 is 5.63 Å². The van der Waals surface area contributed by atoms with Crippen LogP contribution in [0.4, 0.5) is 0 Å². The van der Waals surface area contributed by atoms with Crippen molar-refractivity contribution in [3.05, 3.63) is 45.3 Å². The molecule has 1 aromatic heterocycles. The molecular weight excluding hydrogens is 232 g/mol. The number of carbonyl (C=O) groups is 1. The van der Waals surface area contributed by atoms with Gasteiger partial charge in [-0.15, -0.1) is 12.3 Å². The minimum Gasteiger partial charge on any atom is -0.477 e. The third kappa shape index (κ3) is 1.87. The Kier molecular flexibility index (Phi) is 2.90. The first-order chi connectivity index (χ1) is 8.54. The zero-order valence-corrected chi connectivity index (χ0v) is 9.69. The van der Waals surface area contributed by atoms with E-state index in [-0.39, 0.29) is 5.56 Å². The predicted octanol–water partition coefficient (Wildman–Crippen LogP) is 1.98. The van der Waals surface area contributed by atoms with Gasteiger partial charge in [-0.05, 0) is 24.1 Å². The quantitative estimate of drug-likeness (QED) is 0.645. The minimum atomic E-state index is -1.28. The van der Waals surface area contributed by atoms with Crippen LogP contribution in [-0.2, 0) is 6.42 Å². The summed E-state index contributed by atoms with van der Waals surface area (Å²) < 4.78 is 5.02. The Morgan fingerprint density at radius 3 is 2.83 bits per heavy atom. The molecular formula is C14H10O4. The molecule has 0 spiro atoms. The van der Waals surface area contributed by atoms with E-state index in [0.29, 0.717) is 23.0 Å². The Bertz CT molecular complexity index is 732. The molecule has 4 heteroatoms. The summed E-state index contributed by atoms with van der Waals surface area (Å²) in [7, 11) is 0. The van der Waals surface area contributed by atoms with E-state index in [9.17, 15) is 9.59 Å². The monoisotopic (exact) mass is 242 g/mol. The van der Waals surface area contributed by atoms with Crippen molar-refractivity contribution in [1.29, 1.82) is 0 Å². The number of rotatable bonds is 2. The molecule has 0 saturated carbocycles. The fraction of sp³-hybridized carbons (Fsp3) is 0.143. The SMILES string of the molecule is C#CCc1ccc2c(C)c(C(=O)O)c(=O)oc2c1. The minimum absolute atomic E-state index is 0.327. The summed E-state index contributed by atoms with van der Waals surface area (Å²) in [4.78, 5) is 22.5. The largest absolute Gasteiger partial charge is 0.477 e. The van der Waals surface area contributed by atoms with Gasteiger partial charge >= 0.3 is 11.6 Å². The Labute approximate surface area is 103 Å². The van der Waals surface area contributed by atoms with Crippen LogP contribution >= 0.6 is 0 Å². The highest BCUT2D eigenvalue weighted by Crippen LogP contribution is 2.20. The van der Waals surface area contributed by atoms with E-state index >= 15 is 0 Å². The molecule has 0 fully saturated rings. The molecule has 0 radical (unpaired) electrons. The molecule has 0 aliphatic carbocycles. The van der Waals surface area contributed by atoms with E-state index in [0.717, 1.165) is 5.56 Å². The van der Waals surface area contributed by atoms with Crippen LogP contribution in [0.15, 0.2) is 27.4 Å². The zero-order chi connectivity index (χ0) is 13.3. The Morgan fingerprint density at radius 2 is 2.22 bits per heavy atom. The molecule has 1 N–H and O–H groups in total. The van der Waals surface area contributed by atoms with Crippen molar-refractivity contribution in [2.24, 2.45) is 0 Å². The van der Waals surface area contributed by atoms with Crippen LogP contribution in [0.25, 0.3) is 11.0 Å². The number of aromatic carboxylic acids is 1. The number of fused-ring (bicyclic) bond motifs is 1. The number of benzene rings is 1. The molecule has 18 heavy (non-hydrogen) atoms. The average molecular weight is 242 g/mol. The first-order valence-electron chi connectivity index (χ1n) is 5.27.